The average Bonchev–Trinajstić information content (AvgIpc) is 2.68. The molecule has 0 heterocycles. The van der Waals surface area contributed by atoms with Crippen LogP contribution < -0.4 is 4.74 Å². The Hall–Kier alpha value is -2.72. The van der Waals surface area contributed by atoms with Gasteiger partial charge in [-0.2, -0.15) is 0 Å². The van der Waals surface area contributed by atoms with E-state index in [1.165, 1.54) is 22.8 Å². The van der Waals surface area contributed by atoms with E-state index in [1.54, 1.807) is 0 Å². The molecule has 1 heteroatoms. The molecule has 0 atom stereocenters. The molecular formula is C25H26O. The third-order valence-electron chi connectivity index (χ3n) is 4.42. The van der Waals surface area contributed by atoms with E-state index in [0.717, 1.165) is 42.7 Å². The van der Waals surface area contributed by atoms with Gasteiger partial charge in [-0.1, -0.05) is 62.8 Å². The highest BCUT2D eigenvalue weighted by atomic mass is 16.5. The fourth-order valence-corrected chi connectivity index (χ4v) is 2.93. The summed E-state index contributed by atoms with van der Waals surface area (Å²) in [7, 11) is 0. The lowest BCUT2D eigenvalue weighted by molar-refractivity contribution is 0.309. The van der Waals surface area contributed by atoms with Gasteiger partial charge in [-0.25, -0.2) is 0 Å². The summed E-state index contributed by atoms with van der Waals surface area (Å²) in [5.41, 5.74) is 3.45. The third-order valence-corrected chi connectivity index (χ3v) is 4.42. The first kappa shape index (κ1) is 18.1. The van der Waals surface area contributed by atoms with Crippen molar-refractivity contribution in [1.82, 2.24) is 0 Å². The second kappa shape index (κ2) is 9.11. The van der Waals surface area contributed by atoms with Crippen LogP contribution in [-0.4, -0.2) is 6.61 Å². The van der Waals surface area contributed by atoms with Gasteiger partial charge in [0, 0.05) is 11.1 Å². The smallest absolute Gasteiger partial charge is 0.119 e. The number of hydrogen-bond acceptors (Lipinski definition) is 1. The van der Waals surface area contributed by atoms with E-state index >= 15 is 0 Å². The summed E-state index contributed by atoms with van der Waals surface area (Å²) >= 11 is 0. The van der Waals surface area contributed by atoms with Gasteiger partial charge in [0.2, 0.25) is 0 Å². The number of fused-ring (bicyclic) bond motifs is 1. The number of rotatable bonds is 6. The highest BCUT2D eigenvalue weighted by Crippen LogP contribution is 2.19. The van der Waals surface area contributed by atoms with Gasteiger partial charge in [0.15, 0.2) is 0 Å². The molecule has 132 valence electrons. The van der Waals surface area contributed by atoms with Crippen LogP contribution in [0.3, 0.4) is 0 Å². The van der Waals surface area contributed by atoms with E-state index in [-0.39, 0.29) is 0 Å². The minimum absolute atomic E-state index is 0.776. The molecule has 0 N–H and O–H groups in total. The average molecular weight is 342 g/mol. The van der Waals surface area contributed by atoms with Crippen molar-refractivity contribution < 1.29 is 4.74 Å². The zero-order valence-electron chi connectivity index (χ0n) is 15.7. The Morgan fingerprint density at radius 1 is 0.731 bits per heavy atom. The van der Waals surface area contributed by atoms with E-state index in [4.69, 9.17) is 4.74 Å². The summed E-state index contributed by atoms with van der Waals surface area (Å²) in [5.74, 6) is 7.43. The van der Waals surface area contributed by atoms with Crippen LogP contribution in [0.25, 0.3) is 10.8 Å². The molecule has 0 fully saturated rings. The molecular weight excluding hydrogens is 316 g/mol. The van der Waals surface area contributed by atoms with Gasteiger partial charge in [0.05, 0.1) is 6.61 Å². The molecule has 3 rings (SSSR count). The minimum atomic E-state index is 0.776. The van der Waals surface area contributed by atoms with Gasteiger partial charge in [-0.05, 0) is 65.6 Å². The zero-order chi connectivity index (χ0) is 18.2. The van der Waals surface area contributed by atoms with Crippen molar-refractivity contribution in [3.05, 3.63) is 77.4 Å². The normalized spacial score (nSPS) is 10.4. The molecule has 0 radical (unpaired) electrons. The number of ether oxygens (including phenoxy) is 1. The molecule has 0 aliphatic rings. The van der Waals surface area contributed by atoms with Gasteiger partial charge in [-0.15, -0.1) is 0 Å². The van der Waals surface area contributed by atoms with Crippen molar-refractivity contribution in [3.8, 4) is 17.6 Å². The lowest BCUT2D eigenvalue weighted by Gasteiger charge is -2.04. The lowest BCUT2D eigenvalue weighted by Crippen LogP contribution is -1.95. The standard InChI is InChI=1S/C25H26O/c1-3-5-17-26-25-15-11-20(12-16-25)7-8-22-10-14-23-18-21(6-4-2)9-13-24(23)19-22/h9-16,18-19H,3-6,17H2,1-2H3. The van der Waals surface area contributed by atoms with E-state index in [9.17, 15) is 0 Å². The lowest BCUT2D eigenvalue weighted by atomic mass is 10.0. The van der Waals surface area contributed by atoms with Crippen molar-refractivity contribution in [1.29, 1.82) is 0 Å². The Balaban J connectivity index is 1.71. The summed E-state index contributed by atoms with van der Waals surface area (Å²) < 4.78 is 5.69. The number of aryl methyl sites for hydroxylation is 1. The van der Waals surface area contributed by atoms with Crippen LogP contribution in [0.5, 0.6) is 5.75 Å². The van der Waals surface area contributed by atoms with Crippen LogP contribution in [0, 0.1) is 11.8 Å². The van der Waals surface area contributed by atoms with Crippen LogP contribution >= 0.6 is 0 Å². The van der Waals surface area contributed by atoms with Crippen LogP contribution in [0.2, 0.25) is 0 Å². The molecule has 0 bridgehead atoms. The molecule has 26 heavy (non-hydrogen) atoms. The summed E-state index contributed by atoms with van der Waals surface area (Å²) in [6.07, 6.45) is 4.55. The predicted octanol–water partition coefficient (Wildman–Crippen LogP) is 6.37. The molecule has 0 aliphatic carbocycles. The van der Waals surface area contributed by atoms with Crippen molar-refractivity contribution >= 4 is 10.8 Å². The molecule has 3 aromatic rings. The second-order valence-electron chi connectivity index (χ2n) is 6.62. The molecule has 0 aliphatic heterocycles. The third kappa shape index (κ3) is 4.90. The fraction of sp³-hybridized carbons (Fsp3) is 0.280. The first-order valence-corrected chi connectivity index (χ1v) is 9.56. The van der Waals surface area contributed by atoms with Gasteiger partial charge in [-0.3, -0.25) is 0 Å². The minimum Gasteiger partial charge on any atom is -0.494 e. The molecule has 0 unspecified atom stereocenters. The van der Waals surface area contributed by atoms with Crippen molar-refractivity contribution in [2.75, 3.05) is 6.61 Å². The second-order valence-corrected chi connectivity index (χ2v) is 6.62. The van der Waals surface area contributed by atoms with Crippen LogP contribution in [0.4, 0.5) is 0 Å². The van der Waals surface area contributed by atoms with E-state index in [0.29, 0.717) is 0 Å². The quantitative estimate of drug-likeness (QED) is 0.373. The molecule has 0 aromatic heterocycles. The first-order chi connectivity index (χ1) is 12.8. The Bertz CT molecular complexity index is 910. The van der Waals surface area contributed by atoms with Gasteiger partial charge >= 0.3 is 0 Å². The summed E-state index contributed by atoms with van der Waals surface area (Å²) in [6.45, 7) is 5.16. The van der Waals surface area contributed by atoms with Crippen molar-refractivity contribution in [3.63, 3.8) is 0 Å². The summed E-state index contributed by atoms with van der Waals surface area (Å²) in [5, 5.41) is 2.53. The highest BCUT2D eigenvalue weighted by molar-refractivity contribution is 5.84. The molecule has 0 saturated carbocycles. The highest BCUT2D eigenvalue weighted by Gasteiger charge is 1.98. The first-order valence-electron chi connectivity index (χ1n) is 9.56. The summed E-state index contributed by atoms with van der Waals surface area (Å²) in [6, 6.07) is 21.2. The predicted molar refractivity (Wildman–Crippen MR) is 111 cm³/mol. The molecule has 3 aromatic carbocycles. The Labute approximate surface area is 157 Å². The molecule has 0 spiro atoms. The van der Waals surface area contributed by atoms with Crippen molar-refractivity contribution in [2.45, 2.75) is 39.5 Å². The SMILES string of the molecule is CCCCOc1ccc(C#Cc2ccc3cc(CCC)ccc3c2)cc1. The van der Waals surface area contributed by atoms with E-state index < -0.39 is 0 Å². The Kier molecular flexibility index (Phi) is 6.34. The van der Waals surface area contributed by atoms with Crippen LogP contribution in [0.15, 0.2) is 60.7 Å². The van der Waals surface area contributed by atoms with E-state index in [2.05, 4.69) is 62.1 Å². The van der Waals surface area contributed by atoms with Crippen LogP contribution in [-0.2, 0) is 6.42 Å². The van der Waals surface area contributed by atoms with Gasteiger partial charge < -0.3 is 4.74 Å². The Morgan fingerprint density at radius 3 is 2.19 bits per heavy atom. The zero-order valence-corrected chi connectivity index (χ0v) is 15.7. The topological polar surface area (TPSA) is 9.23 Å². The number of benzene rings is 3. The maximum atomic E-state index is 5.69. The Morgan fingerprint density at radius 2 is 1.42 bits per heavy atom. The monoisotopic (exact) mass is 342 g/mol. The van der Waals surface area contributed by atoms with Crippen molar-refractivity contribution in [2.24, 2.45) is 0 Å². The summed E-state index contributed by atoms with van der Waals surface area (Å²) in [4.78, 5) is 0. The van der Waals surface area contributed by atoms with E-state index in [1.807, 2.05) is 24.3 Å². The number of unbranched alkanes of at least 4 members (excludes halogenated alkanes) is 1. The largest absolute Gasteiger partial charge is 0.494 e. The number of hydrogen-bond donors (Lipinski definition) is 0. The van der Waals surface area contributed by atoms with Crippen LogP contribution in [0.1, 0.15) is 49.8 Å². The van der Waals surface area contributed by atoms with Gasteiger partial charge in [0.1, 0.15) is 5.75 Å². The fourth-order valence-electron chi connectivity index (χ4n) is 2.93. The maximum absolute atomic E-state index is 5.69. The molecule has 1 nitrogen and oxygen atoms in total. The molecule has 0 amide bonds. The maximum Gasteiger partial charge on any atom is 0.119 e. The van der Waals surface area contributed by atoms with Gasteiger partial charge in [0.25, 0.3) is 0 Å². The molecule has 0 saturated heterocycles.